The SMILES string of the molecule is CC(C)(CCN)C(=O)c1coc2ccccc12. The Balaban J connectivity index is 2.43. The quantitative estimate of drug-likeness (QED) is 0.823. The van der Waals surface area contributed by atoms with Gasteiger partial charge in [-0.3, -0.25) is 4.79 Å². The molecule has 0 aliphatic carbocycles. The molecule has 3 nitrogen and oxygen atoms in total. The highest BCUT2D eigenvalue weighted by molar-refractivity contribution is 6.09. The van der Waals surface area contributed by atoms with Crippen LogP contribution in [-0.2, 0) is 0 Å². The Morgan fingerprint density at radius 2 is 2.06 bits per heavy atom. The van der Waals surface area contributed by atoms with E-state index < -0.39 is 5.41 Å². The number of carbonyl (C=O) groups excluding carboxylic acids is 1. The Labute approximate surface area is 101 Å². The molecular weight excluding hydrogens is 214 g/mol. The van der Waals surface area contributed by atoms with Crippen LogP contribution in [0.2, 0.25) is 0 Å². The van der Waals surface area contributed by atoms with Gasteiger partial charge in [-0.2, -0.15) is 0 Å². The summed E-state index contributed by atoms with van der Waals surface area (Å²) in [5, 5.41) is 0.877. The number of para-hydroxylation sites is 1. The molecular formula is C14H17NO2. The molecule has 3 heteroatoms. The zero-order valence-corrected chi connectivity index (χ0v) is 10.2. The number of rotatable bonds is 4. The molecule has 0 radical (unpaired) electrons. The molecule has 0 atom stereocenters. The maximum Gasteiger partial charge on any atom is 0.172 e. The molecule has 0 amide bonds. The molecule has 90 valence electrons. The monoisotopic (exact) mass is 231 g/mol. The molecule has 0 aliphatic heterocycles. The number of fused-ring (bicyclic) bond motifs is 1. The molecule has 1 heterocycles. The zero-order chi connectivity index (χ0) is 12.5. The van der Waals surface area contributed by atoms with E-state index >= 15 is 0 Å². The van der Waals surface area contributed by atoms with Crippen LogP contribution in [0.5, 0.6) is 0 Å². The minimum atomic E-state index is -0.443. The fourth-order valence-electron chi connectivity index (χ4n) is 1.99. The molecule has 0 bridgehead atoms. The maximum atomic E-state index is 12.4. The highest BCUT2D eigenvalue weighted by Crippen LogP contribution is 2.30. The predicted octanol–water partition coefficient (Wildman–Crippen LogP) is 2.99. The van der Waals surface area contributed by atoms with Gasteiger partial charge in [-0.25, -0.2) is 0 Å². The summed E-state index contributed by atoms with van der Waals surface area (Å²) in [6.45, 7) is 4.35. The van der Waals surface area contributed by atoms with Gasteiger partial charge in [0.1, 0.15) is 11.8 Å². The Morgan fingerprint density at radius 1 is 1.35 bits per heavy atom. The lowest BCUT2D eigenvalue weighted by molar-refractivity contribution is 0.0830. The van der Waals surface area contributed by atoms with E-state index in [-0.39, 0.29) is 5.78 Å². The fraction of sp³-hybridized carbons (Fsp3) is 0.357. The number of hydrogen-bond acceptors (Lipinski definition) is 3. The summed E-state index contributed by atoms with van der Waals surface area (Å²) in [7, 11) is 0. The number of hydrogen-bond donors (Lipinski definition) is 1. The van der Waals surface area contributed by atoms with Crippen molar-refractivity contribution >= 4 is 16.8 Å². The summed E-state index contributed by atoms with van der Waals surface area (Å²) in [5.41, 5.74) is 6.50. The first kappa shape index (κ1) is 11.9. The molecule has 0 saturated carbocycles. The third-order valence-electron chi connectivity index (χ3n) is 3.11. The van der Waals surface area contributed by atoms with Gasteiger partial charge >= 0.3 is 0 Å². The Hall–Kier alpha value is -1.61. The number of Topliss-reactive ketones (excluding diaryl/α,β-unsaturated/α-hetero) is 1. The van der Waals surface area contributed by atoms with Gasteiger partial charge in [0.05, 0.1) is 5.56 Å². The second-order valence-corrected chi connectivity index (χ2v) is 4.90. The predicted molar refractivity (Wildman–Crippen MR) is 68.0 cm³/mol. The van der Waals surface area contributed by atoms with E-state index in [4.69, 9.17) is 10.2 Å². The lowest BCUT2D eigenvalue weighted by Crippen LogP contribution is -2.27. The number of carbonyl (C=O) groups is 1. The van der Waals surface area contributed by atoms with Crippen molar-refractivity contribution in [1.29, 1.82) is 0 Å². The summed E-state index contributed by atoms with van der Waals surface area (Å²) in [6.07, 6.45) is 2.22. The van der Waals surface area contributed by atoms with Gasteiger partial charge in [0.2, 0.25) is 0 Å². The van der Waals surface area contributed by atoms with Crippen LogP contribution in [0.3, 0.4) is 0 Å². The van der Waals surface area contributed by atoms with Crippen LogP contribution in [0.25, 0.3) is 11.0 Å². The minimum Gasteiger partial charge on any atom is -0.464 e. The third-order valence-corrected chi connectivity index (χ3v) is 3.11. The largest absolute Gasteiger partial charge is 0.464 e. The van der Waals surface area contributed by atoms with Crippen LogP contribution in [-0.4, -0.2) is 12.3 Å². The van der Waals surface area contributed by atoms with E-state index in [0.29, 0.717) is 18.5 Å². The summed E-state index contributed by atoms with van der Waals surface area (Å²) < 4.78 is 5.39. The van der Waals surface area contributed by atoms with Crippen LogP contribution >= 0.6 is 0 Å². The van der Waals surface area contributed by atoms with Crippen molar-refractivity contribution in [3.63, 3.8) is 0 Å². The maximum absolute atomic E-state index is 12.4. The lowest BCUT2D eigenvalue weighted by atomic mass is 9.81. The first-order valence-corrected chi connectivity index (χ1v) is 5.77. The average molecular weight is 231 g/mol. The van der Waals surface area contributed by atoms with Crippen LogP contribution in [0.4, 0.5) is 0 Å². The minimum absolute atomic E-state index is 0.0906. The molecule has 17 heavy (non-hydrogen) atoms. The van der Waals surface area contributed by atoms with Crippen LogP contribution < -0.4 is 5.73 Å². The number of furan rings is 1. The van der Waals surface area contributed by atoms with Crippen LogP contribution in [0.15, 0.2) is 34.9 Å². The van der Waals surface area contributed by atoms with Crippen molar-refractivity contribution in [2.45, 2.75) is 20.3 Å². The van der Waals surface area contributed by atoms with Gasteiger partial charge in [0.15, 0.2) is 5.78 Å². The Morgan fingerprint density at radius 3 is 2.76 bits per heavy atom. The first-order valence-electron chi connectivity index (χ1n) is 5.77. The summed E-state index contributed by atoms with van der Waals surface area (Å²) >= 11 is 0. The van der Waals surface area contributed by atoms with Crippen LogP contribution in [0.1, 0.15) is 30.6 Å². The van der Waals surface area contributed by atoms with Crippen molar-refractivity contribution in [2.24, 2.45) is 11.1 Å². The average Bonchev–Trinajstić information content (AvgIpc) is 2.71. The molecule has 0 saturated heterocycles. The molecule has 1 aromatic heterocycles. The molecule has 0 unspecified atom stereocenters. The topological polar surface area (TPSA) is 56.2 Å². The molecule has 1 aromatic carbocycles. The van der Waals surface area contributed by atoms with Crippen molar-refractivity contribution in [3.8, 4) is 0 Å². The van der Waals surface area contributed by atoms with E-state index in [1.54, 1.807) is 6.26 Å². The lowest BCUT2D eigenvalue weighted by Gasteiger charge is -2.21. The van der Waals surface area contributed by atoms with E-state index in [1.807, 2.05) is 38.1 Å². The number of benzene rings is 1. The van der Waals surface area contributed by atoms with Gasteiger partial charge in [-0.15, -0.1) is 0 Å². The van der Waals surface area contributed by atoms with Gasteiger partial charge < -0.3 is 10.2 Å². The second kappa shape index (κ2) is 4.34. The highest BCUT2D eigenvalue weighted by Gasteiger charge is 2.29. The Bertz CT molecular complexity index is 540. The summed E-state index contributed by atoms with van der Waals surface area (Å²) in [5.74, 6) is 0.0906. The van der Waals surface area contributed by atoms with Crippen LogP contribution in [0, 0.1) is 5.41 Å². The molecule has 0 fully saturated rings. The Kier molecular flexibility index (Phi) is 3.03. The van der Waals surface area contributed by atoms with Gasteiger partial charge in [0, 0.05) is 10.8 Å². The standard InChI is InChI=1S/C14H17NO2/c1-14(2,7-8-15)13(16)11-9-17-12-6-4-3-5-10(11)12/h3-6,9H,7-8,15H2,1-2H3. The van der Waals surface area contributed by atoms with E-state index in [0.717, 1.165) is 11.0 Å². The van der Waals surface area contributed by atoms with E-state index in [1.165, 1.54) is 0 Å². The van der Waals surface area contributed by atoms with Gasteiger partial charge in [0.25, 0.3) is 0 Å². The van der Waals surface area contributed by atoms with Crippen molar-refractivity contribution in [2.75, 3.05) is 6.54 Å². The van der Waals surface area contributed by atoms with Gasteiger partial charge in [-0.1, -0.05) is 32.0 Å². The second-order valence-electron chi connectivity index (χ2n) is 4.90. The molecule has 2 rings (SSSR count). The number of ketones is 1. The van der Waals surface area contributed by atoms with Crippen molar-refractivity contribution < 1.29 is 9.21 Å². The first-order chi connectivity index (χ1) is 8.06. The fourth-order valence-corrected chi connectivity index (χ4v) is 1.99. The molecule has 0 aliphatic rings. The van der Waals surface area contributed by atoms with E-state index in [2.05, 4.69) is 0 Å². The summed E-state index contributed by atoms with van der Waals surface area (Å²) in [6, 6.07) is 7.57. The molecule has 2 N–H and O–H groups in total. The van der Waals surface area contributed by atoms with Crippen molar-refractivity contribution in [1.82, 2.24) is 0 Å². The summed E-state index contributed by atoms with van der Waals surface area (Å²) in [4.78, 5) is 12.4. The normalized spacial score (nSPS) is 11.9. The zero-order valence-electron chi connectivity index (χ0n) is 10.2. The highest BCUT2D eigenvalue weighted by atomic mass is 16.3. The van der Waals surface area contributed by atoms with E-state index in [9.17, 15) is 4.79 Å². The third kappa shape index (κ3) is 2.11. The number of nitrogens with two attached hydrogens (primary N) is 1. The molecule has 0 spiro atoms. The molecule has 2 aromatic rings. The van der Waals surface area contributed by atoms with Crippen molar-refractivity contribution in [3.05, 3.63) is 36.1 Å². The van der Waals surface area contributed by atoms with Gasteiger partial charge in [-0.05, 0) is 19.0 Å². The smallest absolute Gasteiger partial charge is 0.172 e.